The number of anilines is 1. The zero-order valence-corrected chi connectivity index (χ0v) is 13.1. The zero-order valence-electron chi connectivity index (χ0n) is 11.4. The van der Waals surface area contributed by atoms with Crippen LogP contribution in [0.25, 0.3) is 0 Å². The lowest BCUT2D eigenvalue weighted by atomic mass is 10.6. The summed E-state index contributed by atoms with van der Waals surface area (Å²) in [5.74, 6) is 0.165. The summed E-state index contributed by atoms with van der Waals surface area (Å²) in [5.41, 5.74) is -1.50. The van der Waals surface area contributed by atoms with Gasteiger partial charge in [0.1, 0.15) is 5.82 Å². The molecule has 2 N–H and O–H groups in total. The molecule has 21 heavy (non-hydrogen) atoms. The average Bonchev–Trinajstić information content (AvgIpc) is 2.86. The minimum atomic E-state index is -4.14. The van der Waals surface area contributed by atoms with Gasteiger partial charge in [-0.05, 0) is 6.26 Å². The maximum atomic E-state index is 12.3. The number of aryl methyl sites for hydroxylation is 1. The second-order valence-corrected chi connectivity index (χ2v) is 6.67. The molecule has 0 aliphatic rings. The van der Waals surface area contributed by atoms with Gasteiger partial charge in [0, 0.05) is 20.3 Å². The third-order valence-corrected chi connectivity index (χ3v) is 4.85. The molecule has 0 atom stereocenters. The molecule has 2 rings (SSSR count). The van der Waals surface area contributed by atoms with Crippen LogP contribution in [0.1, 0.15) is 0 Å². The largest absolute Gasteiger partial charge is 0.330 e. The second kappa shape index (κ2) is 5.41. The monoisotopic (exact) mass is 331 g/mol. The number of thioether (sulfide) groups is 1. The van der Waals surface area contributed by atoms with Crippen molar-refractivity contribution >= 4 is 27.6 Å². The summed E-state index contributed by atoms with van der Waals surface area (Å²) >= 11 is 1.29. The highest BCUT2D eigenvalue weighted by atomic mass is 32.2. The number of aromatic nitrogens is 4. The molecule has 0 aromatic carbocycles. The van der Waals surface area contributed by atoms with Crippen molar-refractivity contribution in [2.75, 3.05) is 11.0 Å². The highest BCUT2D eigenvalue weighted by Gasteiger charge is 2.23. The van der Waals surface area contributed by atoms with Crippen molar-refractivity contribution in [3.63, 3.8) is 0 Å². The number of sulfonamides is 1. The maximum Gasteiger partial charge on any atom is 0.330 e. The molecule has 0 unspecified atom stereocenters. The molecule has 0 saturated carbocycles. The highest BCUT2D eigenvalue weighted by molar-refractivity contribution is 7.99. The third-order valence-electron chi connectivity index (χ3n) is 2.77. The van der Waals surface area contributed by atoms with Crippen molar-refractivity contribution in [2.45, 2.75) is 9.79 Å². The normalized spacial score (nSPS) is 11.6. The van der Waals surface area contributed by atoms with Crippen LogP contribution in [-0.2, 0) is 24.1 Å². The molecule has 114 valence electrons. The lowest BCUT2D eigenvalue weighted by molar-refractivity contribution is 0.589. The van der Waals surface area contributed by atoms with E-state index in [-0.39, 0.29) is 5.82 Å². The Morgan fingerprint density at radius 1 is 1.33 bits per heavy atom. The first-order chi connectivity index (χ1) is 9.77. The van der Waals surface area contributed by atoms with Crippen LogP contribution in [0, 0.1) is 0 Å². The number of nitrogens with zero attached hydrogens (tertiary/aromatic N) is 3. The van der Waals surface area contributed by atoms with E-state index in [2.05, 4.69) is 14.9 Å². The van der Waals surface area contributed by atoms with Gasteiger partial charge in [-0.1, -0.05) is 0 Å². The Hall–Kier alpha value is -2.01. The van der Waals surface area contributed by atoms with E-state index in [4.69, 9.17) is 0 Å². The lowest BCUT2D eigenvalue weighted by Crippen LogP contribution is -2.40. The Kier molecular flexibility index (Phi) is 3.96. The van der Waals surface area contributed by atoms with Crippen LogP contribution >= 0.6 is 11.8 Å². The summed E-state index contributed by atoms with van der Waals surface area (Å²) < 4.78 is 28.6. The van der Waals surface area contributed by atoms with Crippen molar-refractivity contribution in [1.82, 2.24) is 19.3 Å². The van der Waals surface area contributed by atoms with E-state index in [0.29, 0.717) is 4.90 Å². The molecule has 2 heterocycles. The fourth-order valence-corrected chi connectivity index (χ4v) is 3.37. The van der Waals surface area contributed by atoms with Crippen molar-refractivity contribution in [1.29, 1.82) is 0 Å². The number of nitrogens with one attached hydrogen (secondary N) is 2. The minimum Gasteiger partial charge on any atom is -0.302 e. The predicted molar refractivity (Wildman–Crippen MR) is 78.1 cm³/mol. The topological polar surface area (TPSA) is 119 Å². The van der Waals surface area contributed by atoms with Crippen molar-refractivity contribution < 1.29 is 8.42 Å². The van der Waals surface area contributed by atoms with Crippen LogP contribution in [0.4, 0.5) is 5.82 Å². The molecule has 2 aromatic rings. The van der Waals surface area contributed by atoms with Gasteiger partial charge in [-0.2, -0.15) is 5.10 Å². The van der Waals surface area contributed by atoms with E-state index in [1.54, 1.807) is 6.26 Å². The summed E-state index contributed by atoms with van der Waals surface area (Å²) in [4.78, 5) is 23.6. The van der Waals surface area contributed by atoms with E-state index in [1.807, 2.05) is 0 Å². The molecule has 0 spiro atoms. The number of aromatic amines is 1. The first-order valence-electron chi connectivity index (χ1n) is 5.64. The molecule has 11 heteroatoms. The molecule has 0 fully saturated rings. The average molecular weight is 331 g/mol. The van der Waals surface area contributed by atoms with Gasteiger partial charge in [-0.3, -0.25) is 19.2 Å². The van der Waals surface area contributed by atoms with Crippen LogP contribution in [0.3, 0.4) is 0 Å². The van der Waals surface area contributed by atoms with Gasteiger partial charge in [-0.25, -0.2) is 13.2 Å². The van der Waals surface area contributed by atoms with E-state index in [9.17, 15) is 18.0 Å². The van der Waals surface area contributed by atoms with Crippen LogP contribution in [0.2, 0.25) is 0 Å². The second-order valence-electron chi connectivity index (χ2n) is 4.17. The van der Waals surface area contributed by atoms with Gasteiger partial charge < -0.3 is 4.57 Å². The molecule has 0 aliphatic heterocycles. The smallest absolute Gasteiger partial charge is 0.302 e. The number of H-pyrrole nitrogens is 1. The Balaban J connectivity index is 2.56. The van der Waals surface area contributed by atoms with Gasteiger partial charge >= 0.3 is 5.69 Å². The predicted octanol–water partition coefficient (Wildman–Crippen LogP) is -0.670. The van der Waals surface area contributed by atoms with Gasteiger partial charge in [0.05, 0.1) is 11.1 Å². The first-order valence-corrected chi connectivity index (χ1v) is 8.35. The molecule has 0 saturated heterocycles. The van der Waals surface area contributed by atoms with E-state index in [0.717, 1.165) is 15.3 Å². The van der Waals surface area contributed by atoms with Gasteiger partial charge in [0.2, 0.25) is 0 Å². The summed E-state index contributed by atoms with van der Waals surface area (Å²) in [7, 11) is -1.56. The summed E-state index contributed by atoms with van der Waals surface area (Å²) in [5, 5.41) is 6.24. The molecular formula is C10H13N5O4S2. The van der Waals surface area contributed by atoms with Crippen LogP contribution in [0.5, 0.6) is 0 Å². The number of hydrogen-bond acceptors (Lipinski definition) is 6. The summed E-state index contributed by atoms with van der Waals surface area (Å²) in [6.07, 6.45) is 4.21. The van der Waals surface area contributed by atoms with Crippen LogP contribution in [0.15, 0.2) is 31.8 Å². The first kappa shape index (κ1) is 15.4. The van der Waals surface area contributed by atoms with Gasteiger partial charge in [-0.15, -0.1) is 11.8 Å². The van der Waals surface area contributed by atoms with E-state index >= 15 is 0 Å². The maximum absolute atomic E-state index is 12.3. The Morgan fingerprint density at radius 2 is 2.00 bits per heavy atom. The van der Waals surface area contributed by atoms with Crippen molar-refractivity contribution in [2.24, 2.45) is 14.1 Å². The molecule has 2 aromatic heterocycles. The highest BCUT2D eigenvalue weighted by Crippen LogP contribution is 2.23. The van der Waals surface area contributed by atoms with Gasteiger partial charge in [0.15, 0.2) is 4.90 Å². The molecule has 0 radical (unpaired) electrons. The van der Waals surface area contributed by atoms with Crippen molar-refractivity contribution in [3.8, 4) is 0 Å². The lowest BCUT2D eigenvalue weighted by Gasteiger charge is -2.09. The molecular weight excluding hydrogens is 318 g/mol. The third kappa shape index (κ3) is 2.74. The number of hydrogen-bond donors (Lipinski definition) is 2. The van der Waals surface area contributed by atoms with Crippen LogP contribution in [-0.4, -0.2) is 34.0 Å². The fourth-order valence-electron chi connectivity index (χ4n) is 1.65. The molecule has 0 bridgehead atoms. The summed E-state index contributed by atoms with van der Waals surface area (Å²) in [6, 6.07) is 0. The quantitative estimate of drug-likeness (QED) is 0.717. The molecule has 9 nitrogen and oxygen atoms in total. The standard InChI is InChI=1S/C10H13N5O4S2/c1-14-5-7(9(16)15(2)10(14)17)21(18,19)13-8-6(20-3)4-11-12-8/h4-5H,1-3H3,(H2,11,12,13). The van der Waals surface area contributed by atoms with Gasteiger partial charge in [0.25, 0.3) is 15.6 Å². The molecule has 0 aliphatic carbocycles. The Bertz CT molecular complexity index is 893. The van der Waals surface area contributed by atoms with E-state index in [1.165, 1.54) is 32.1 Å². The zero-order chi connectivity index (χ0) is 15.8. The van der Waals surface area contributed by atoms with Crippen LogP contribution < -0.4 is 16.0 Å². The Morgan fingerprint density at radius 3 is 2.62 bits per heavy atom. The minimum absolute atomic E-state index is 0.165. The van der Waals surface area contributed by atoms with E-state index < -0.39 is 26.2 Å². The summed E-state index contributed by atoms with van der Waals surface area (Å²) in [6.45, 7) is 0. The Labute approximate surface area is 124 Å². The number of rotatable bonds is 4. The van der Waals surface area contributed by atoms with Crippen molar-refractivity contribution in [3.05, 3.63) is 33.2 Å². The fraction of sp³-hybridized carbons (Fsp3) is 0.300. The molecule has 0 amide bonds. The SMILES string of the molecule is CSc1cn[nH]c1NS(=O)(=O)c1cn(C)c(=O)n(C)c1=O.